The van der Waals surface area contributed by atoms with Gasteiger partial charge in [0, 0.05) is 6.07 Å². The van der Waals surface area contributed by atoms with Crippen LogP contribution in [-0.2, 0) is 12.8 Å². The first-order valence-corrected chi connectivity index (χ1v) is 4.17. The van der Waals surface area contributed by atoms with Gasteiger partial charge in [-0.2, -0.15) is 0 Å². The molecule has 1 aromatic carbocycles. The first-order chi connectivity index (χ1) is 5.66. The summed E-state index contributed by atoms with van der Waals surface area (Å²) < 4.78 is 13.2. The van der Waals surface area contributed by atoms with Crippen molar-refractivity contribution in [3.63, 3.8) is 0 Å². The van der Waals surface area contributed by atoms with Crippen LogP contribution in [0.3, 0.4) is 0 Å². The highest BCUT2D eigenvalue weighted by Crippen LogP contribution is 2.31. The predicted octanol–water partition coefficient (Wildman–Crippen LogP) is 2.27. The summed E-state index contributed by atoms with van der Waals surface area (Å²) in [6.45, 7) is 2.09. The third kappa shape index (κ3) is 1.07. The quantitative estimate of drug-likeness (QED) is 0.626. The molecule has 12 heavy (non-hydrogen) atoms. The molecule has 0 saturated carbocycles. The van der Waals surface area contributed by atoms with E-state index in [1.165, 1.54) is 6.07 Å². The van der Waals surface area contributed by atoms with E-state index in [0.29, 0.717) is 5.92 Å². The van der Waals surface area contributed by atoms with E-state index in [1.54, 1.807) is 6.07 Å². The average Bonchev–Trinajstić information content (AvgIpc) is 2.29. The molecule has 0 fully saturated rings. The van der Waals surface area contributed by atoms with Gasteiger partial charge >= 0.3 is 0 Å². The van der Waals surface area contributed by atoms with Crippen LogP contribution in [-0.4, -0.2) is 5.11 Å². The van der Waals surface area contributed by atoms with Crippen LogP contribution in [0.5, 0.6) is 5.75 Å². The van der Waals surface area contributed by atoms with E-state index in [0.717, 1.165) is 24.0 Å². The number of phenols is 1. The van der Waals surface area contributed by atoms with Gasteiger partial charge < -0.3 is 5.11 Å². The highest BCUT2D eigenvalue weighted by Gasteiger charge is 2.21. The minimum Gasteiger partial charge on any atom is -0.508 e. The van der Waals surface area contributed by atoms with Gasteiger partial charge in [-0.3, -0.25) is 0 Å². The monoisotopic (exact) mass is 166 g/mol. The topological polar surface area (TPSA) is 20.2 Å². The number of halogens is 1. The summed E-state index contributed by atoms with van der Waals surface area (Å²) in [6, 6.07) is 2.86. The molecule has 64 valence electrons. The van der Waals surface area contributed by atoms with Crippen LogP contribution in [0.1, 0.15) is 18.1 Å². The molecule has 0 aromatic heterocycles. The Labute approximate surface area is 70.8 Å². The fourth-order valence-corrected chi connectivity index (χ4v) is 1.88. The number of fused-ring (bicyclic) bond motifs is 1. The van der Waals surface area contributed by atoms with Crippen molar-refractivity contribution in [2.24, 2.45) is 5.92 Å². The van der Waals surface area contributed by atoms with Crippen molar-refractivity contribution in [3.05, 3.63) is 29.1 Å². The second-order valence-electron chi connectivity index (χ2n) is 3.58. The molecule has 2 heteroatoms. The summed E-state index contributed by atoms with van der Waals surface area (Å²) in [4.78, 5) is 0. The lowest BCUT2D eigenvalue weighted by Crippen LogP contribution is -1.90. The zero-order valence-electron chi connectivity index (χ0n) is 6.97. The van der Waals surface area contributed by atoms with Crippen molar-refractivity contribution < 1.29 is 9.50 Å². The van der Waals surface area contributed by atoms with Gasteiger partial charge in [-0.05, 0) is 36.0 Å². The lowest BCUT2D eigenvalue weighted by molar-refractivity contribution is 0.467. The predicted molar refractivity (Wildman–Crippen MR) is 44.6 cm³/mol. The number of phenolic OH excluding ortho intramolecular Hbond substituents is 1. The maximum atomic E-state index is 13.2. The maximum absolute atomic E-state index is 13.2. The van der Waals surface area contributed by atoms with Crippen LogP contribution in [0.2, 0.25) is 0 Å². The Morgan fingerprint density at radius 2 is 2.17 bits per heavy atom. The fourth-order valence-electron chi connectivity index (χ4n) is 1.88. The van der Waals surface area contributed by atoms with Crippen LogP contribution in [0.25, 0.3) is 0 Å². The van der Waals surface area contributed by atoms with Crippen LogP contribution >= 0.6 is 0 Å². The summed E-state index contributed by atoms with van der Waals surface area (Å²) in [7, 11) is 0. The standard InChI is InChI=1S/C10H11FO/c1-6-2-7-4-8(12)5-10(11)9(7)3-6/h4-6,12H,2-3H2,1H3. The van der Waals surface area contributed by atoms with Gasteiger partial charge in [0.05, 0.1) is 0 Å². The number of hydrogen-bond acceptors (Lipinski definition) is 1. The molecule has 0 amide bonds. The third-order valence-corrected chi connectivity index (χ3v) is 2.39. The Kier molecular flexibility index (Phi) is 1.56. The SMILES string of the molecule is CC1Cc2cc(O)cc(F)c2C1. The van der Waals surface area contributed by atoms with E-state index in [2.05, 4.69) is 6.92 Å². The van der Waals surface area contributed by atoms with Crippen molar-refractivity contribution in [2.75, 3.05) is 0 Å². The summed E-state index contributed by atoms with van der Waals surface area (Å²) in [5.41, 5.74) is 1.76. The Morgan fingerprint density at radius 3 is 2.92 bits per heavy atom. The molecule has 1 N–H and O–H groups in total. The number of benzene rings is 1. The lowest BCUT2D eigenvalue weighted by Gasteiger charge is -2.00. The number of aromatic hydroxyl groups is 1. The molecule has 0 saturated heterocycles. The molecule has 1 atom stereocenters. The molecule has 1 aliphatic carbocycles. The highest BCUT2D eigenvalue weighted by molar-refractivity contribution is 5.39. The number of hydrogen-bond donors (Lipinski definition) is 1. The molecule has 0 radical (unpaired) electrons. The second kappa shape index (κ2) is 2.47. The van der Waals surface area contributed by atoms with Crippen LogP contribution in [0, 0.1) is 11.7 Å². The average molecular weight is 166 g/mol. The maximum Gasteiger partial charge on any atom is 0.130 e. The summed E-state index contributed by atoms with van der Waals surface area (Å²) in [6.07, 6.45) is 1.70. The Bertz CT molecular complexity index is 320. The zero-order valence-corrected chi connectivity index (χ0v) is 6.97. The Balaban J connectivity index is 2.52. The minimum atomic E-state index is -0.255. The van der Waals surface area contributed by atoms with E-state index < -0.39 is 0 Å². The fraction of sp³-hybridized carbons (Fsp3) is 0.400. The van der Waals surface area contributed by atoms with Crippen molar-refractivity contribution in [3.8, 4) is 5.75 Å². The second-order valence-corrected chi connectivity index (χ2v) is 3.58. The molecule has 0 spiro atoms. The van der Waals surface area contributed by atoms with E-state index in [1.807, 2.05) is 0 Å². The minimum absolute atomic E-state index is 0.0420. The van der Waals surface area contributed by atoms with Crippen molar-refractivity contribution in [2.45, 2.75) is 19.8 Å². The first kappa shape index (κ1) is 7.59. The van der Waals surface area contributed by atoms with Crippen LogP contribution < -0.4 is 0 Å². The first-order valence-electron chi connectivity index (χ1n) is 4.17. The third-order valence-electron chi connectivity index (χ3n) is 2.39. The van der Waals surface area contributed by atoms with Crippen molar-refractivity contribution in [1.29, 1.82) is 0 Å². The van der Waals surface area contributed by atoms with Crippen LogP contribution in [0.15, 0.2) is 12.1 Å². The molecule has 2 rings (SSSR count). The van der Waals surface area contributed by atoms with E-state index in [-0.39, 0.29) is 11.6 Å². The largest absolute Gasteiger partial charge is 0.508 e. The van der Waals surface area contributed by atoms with E-state index >= 15 is 0 Å². The lowest BCUT2D eigenvalue weighted by atomic mass is 10.1. The molecule has 1 aromatic rings. The van der Waals surface area contributed by atoms with E-state index in [4.69, 9.17) is 5.11 Å². The molecule has 0 heterocycles. The molecular formula is C10H11FO. The molecule has 1 aliphatic rings. The van der Waals surface area contributed by atoms with Gasteiger partial charge in [-0.15, -0.1) is 0 Å². The smallest absolute Gasteiger partial charge is 0.130 e. The Morgan fingerprint density at radius 1 is 1.42 bits per heavy atom. The molecule has 1 unspecified atom stereocenters. The van der Waals surface area contributed by atoms with Gasteiger partial charge in [0.2, 0.25) is 0 Å². The van der Waals surface area contributed by atoms with Crippen LogP contribution in [0.4, 0.5) is 4.39 Å². The number of rotatable bonds is 0. The summed E-state index contributed by atoms with van der Waals surface area (Å²) in [5.74, 6) is 0.297. The summed E-state index contributed by atoms with van der Waals surface area (Å²) in [5, 5.41) is 9.12. The van der Waals surface area contributed by atoms with Gasteiger partial charge in [0.1, 0.15) is 11.6 Å². The molecule has 1 nitrogen and oxygen atoms in total. The van der Waals surface area contributed by atoms with Gasteiger partial charge in [-0.1, -0.05) is 6.92 Å². The van der Waals surface area contributed by atoms with Crippen molar-refractivity contribution >= 4 is 0 Å². The van der Waals surface area contributed by atoms with Gasteiger partial charge in [0.15, 0.2) is 0 Å². The normalized spacial score (nSPS) is 21.0. The van der Waals surface area contributed by atoms with E-state index in [9.17, 15) is 4.39 Å². The van der Waals surface area contributed by atoms with Gasteiger partial charge in [-0.25, -0.2) is 4.39 Å². The van der Waals surface area contributed by atoms with Crippen molar-refractivity contribution in [1.82, 2.24) is 0 Å². The molecule has 0 aliphatic heterocycles. The zero-order chi connectivity index (χ0) is 8.72. The van der Waals surface area contributed by atoms with Gasteiger partial charge in [0.25, 0.3) is 0 Å². The molecular weight excluding hydrogens is 155 g/mol. The molecule has 0 bridgehead atoms. The Hall–Kier alpha value is -1.05. The summed E-state index contributed by atoms with van der Waals surface area (Å²) >= 11 is 0. The highest BCUT2D eigenvalue weighted by atomic mass is 19.1.